The normalized spacial score (nSPS) is 22.8. The molecule has 68 heavy (non-hydrogen) atoms. The van der Waals surface area contributed by atoms with E-state index >= 15 is 0 Å². The Hall–Kier alpha value is 2.48. The van der Waals surface area contributed by atoms with Crippen LogP contribution in [-0.2, 0) is 0 Å². The Morgan fingerprint density at radius 1 is 0.309 bits per heavy atom. The largest absolute Gasteiger partial charge is 0.117 e. The molecule has 6 aliphatic heterocycles. The van der Waals surface area contributed by atoms with Gasteiger partial charge in [-0.3, -0.25) is 0 Å². The van der Waals surface area contributed by atoms with Crippen LogP contribution in [0.1, 0.15) is 130 Å². The van der Waals surface area contributed by atoms with Crippen molar-refractivity contribution in [2.24, 2.45) is 0 Å². The molecule has 4 fully saturated rings. The van der Waals surface area contributed by atoms with Gasteiger partial charge in [0.15, 0.2) is 0 Å². The lowest BCUT2D eigenvalue weighted by atomic mass is 9.99. The lowest BCUT2D eigenvalue weighted by Crippen LogP contribution is -2.16. The minimum atomic E-state index is 0.542. The van der Waals surface area contributed by atoms with E-state index in [1.54, 1.807) is 33.9 Å². The maximum Gasteiger partial charge on any atom is 0.0825 e. The van der Waals surface area contributed by atoms with Gasteiger partial charge in [0.05, 0.1) is 60.7 Å². The lowest BCUT2D eigenvalue weighted by molar-refractivity contribution is 0.707. The van der Waals surface area contributed by atoms with Crippen molar-refractivity contribution in [2.75, 3.05) is 23.0 Å². The minimum absolute atomic E-state index is 0.542. The summed E-state index contributed by atoms with van der Waals surface area (Å²) in [6.07, 6.45) is 21.4. The van der Waals surface area contributed by atoms with E-state index in [0.717, 1.165) is 0 Å². The monoisotopic (exact) mass is 1200 g/mol. The SMILES string of the molecule is CCCCCCSC1=C(SCCCCCC)SC(=C2SC3SC(=C4SC5SC(=c6c7ccccc7c(=C7SC(SCCCCCC)=C(SCCCCCC)S7)c7ccccc67)SC5S4)SC3S2)S1. The van der Waals surface area contributed by atoms with Gasteiger partial charge in [0.25, 0.3) is 0 Å². The summed E-state index contributed by atoms with van der Waals surface area (Å²) < 4.78 is 18.0. The van der Waals surface area contributed by atoms with E-state index in [-0.39, 0.29) is 0 Å². The molecule has 0 nitrogen and oxygen atoms in total. The molecule has 368 valence electrons. The van der Waals surface area contributed by atoms with Crippen molar-refractivity contribution in [3.05, 3.63) is 92.9 Å². The molecule has 6 heterocycles. The maximum absolute atomic E-state index is 2.42. The molecule has 4 saturated heterocycles. The van der Waals surface area contributed by atoms with E-state index in [2.05, 4.69) is 264 Å². The average molecular weight is 1200 g/mol. The van der Waals surface area contributed by atoms with Crippen molar-refractivity contribution in [2.45, 2.75) is 149 Å². The van der Waals surface area contributed by atoms with Crippen molar-refractivity contribution in [3.63, 3.8) is 0 Å². The van der Waals surface area contributed by atoms with Crippen molar-refractivity contribution < 1.29 is 0 Å². The number of unbranched alkanes of at least 4 members (excludes halogenated alkanes) is 12. The predicted octanol–water partition coefficient (Wildman–Crippen LogP) is 22.1. The molecule has 3 aromatic carbocycles. The highest BCUT2D eigenvalue weighted by molar-refractivity contribution is 8.50. The van der Waals surface area contributed by atoms with Gasteiger partial charge in [0.1, 0.15) is 0 Å². The average Bonchev–Trinajstić information content (AvgIpc) is 4.22. The number of hydrogen-bond donors (Lipinski definition) is 0. The van der Waals surface area contributed by atoms with Gasteiger partial charge in [-0.15, -0.1) is 141 Å². The van der Waals surface area contributed by atoms with Crippen LogP contribution in [0.25, 0.3) is 30.0 Å². The zero-order chi connectivity index (χ0) is 46.7. The number of thioether (sulfide) groups is 16. The van der Waals surface area contributed by atoms with E-state index in [0.29, 0.717) is 18.3 Å². The van der Waals surface area contributed by atoms with Gasteiger partial charge in [-0.25, -0.2) is 0 Å². The second-order valence-electron chi connectivity index (χ2n) is 17.2. The third kappa shape index (κ3) is 14.1. The third-order valence-electron chi connectivity index (χ3n) is 11.9. The second kappa shape index (κ2) is 28.7. The molecule has 0 aliphatic carbocycles. The quantitative estimate of drug-likeness (QED) is 0.0617. The van der Waals surface area contributed by atoms with Crippen LogP contribution in [0, 0.1) is 0 Å². The Morgan fingerprint density at radius 3 is 0.882 bits per heavy atom. The third-order valence-corrected chi connectivity index (χ3v) is 37.7. The number of hydrogen-bond acceptors (Lipinski definition) is 16. The summed E-state index contributed by atoms with van der Waals surface area (Å²) in [4.78, 5) is 0. The van der Waals surface area contributed by atoms with Gasteiger partial charge in [0.2, 0.25) is 0 Å². The maximum atomic E-state index is 2.42. The molecule has 9 rings (SSSR count). The van der Waals surface area contributed by atoms with Gasteiger partial charge in [-0.2, -0.15) is 0 Å². The number of rotatable bonds is 24. The van der Waals surface area contributed by atoms with Crippen molar-refractivity contribution >= 4 is 218 Å². The van der Waals surface area contributed by atoms with Gasteiger partial charge in [-0.05, 0) is 70.2 Å². The van der Waals surface area contributed by atoms with Crippen molar-refractivity contribution in [1.29, 1.82) is 0 Å². The zero-order valence-electron chi connectivity index (χ0n) is 39.6. The second-order valence-corrected chi connectivity index (χ2v) is 38.7. The van der Waals surface area contributed by atoms with Crippen LogP contribution in [0.15, 0.2) is 82.4 Å². The van der Waals surface area contributed by atoms with Gasteiger partial charge < -0.3 is 0 Å². The molecule has 0 aromatic heterocycles. The first-order chi connectivity index (χ1) is 33.6. The van der Waals surface area contributed by atoms with E-state index in [1.807, 2.05) is 0 Å². The summed E-state index contributed by atoms with van der Waals surface area (Å²) in [5.74, 6) is 4.98. The van der Waals surface area contributed by atoms with Crippen LogP contribution in [0.3, 0.4) is 0 Å². The molecule has 6 aliphatic rings. The molecule has 0 N–H and O–H groups in total. The Labute approximate surface area is 476 Å². The van der Waals surface area contributed by atoms with Gasteiger partial charge >= 0.3 is 0 Å². The lowest BCUT2D eigenvalue weighted by Gasteiger charge is -2.12. The molecule has 3 aromatic rings. The first kappa shape index (κ1) is 55.2. The smallest absolute Gasteiger partial charge is 0.0825 e. The molecule has 0 spiro atoms. The van der Waals surface area contributed by atoms with Crippen LogP contribution in [-0.4, -0.2) is 41.3 Å². The number of fused-ring (bicyclic) bond motifs is 4. The Balaban J connectivity index is 0.897. The summed E-state index contributed by atoms with van der Waals surface area (Å²) in [7, 11) is 0. The molecule has 0 radical (unpaired) electrons. The predicted molar refractivity (Wildman–Crippen MR) is 348 cm³/mol. The fourth-order valence-corrected chi connectivity index (χ4v) is 36.7. The summed E-state index contributed by atoms with van der Waals surface area (Å²) in [5.41, 5.74) is 0. The molecule has 0 amide bonds. The standard InChI is InChI=1S/C52H64S16/c1-5-9-13-21-29-53-41-42(54-30-22-14-10-6-2)58-39(57-41)37-33-25-17-19-27-35(33)38(36-28-20-18-26-34(36)37)40-59-45-46(60-40)64-49(63-45)50-67-51-52(68-50)66-48(65-51)47-61-43(55-31-23-15-11-7-3)44(62-47)56-32-24-16-12-8-4/h17-20,25-28,45-46,51-52H,5-16,21-24,29-32H2,1-4H3. The fraction of sp³-hybridized carbons (Fsp3) is 0.538. The van der Waals surface area contributed by atoms with Crippen LogP contribution in [0.4, 0.5) is 0 Å². The topological polar surface area (TPSA) is 0 Å². The van der Waals surface area contributed by atoms with Gasteiger partial charge in [0, 0.05) is 10.4 Å². The van der Waals surface area contributed by atoms with Gasteiger partial charge in [-0.1, -0.05) is 200 Å². The molecule has 16 heteroatoms. The highest BCUT2D eigenvalue weighted by Gasteiger charge is 2.47. The van der Waals surface area contributed by atoms with E-state index in [1.165, 1.54) is 166 Å². The van der Waals surface area contributed by atoms with E-state index in [4.69, 9.17) is 0 Å². The first-order valence-corrected chi connectivity index (χ1v) is 39.0. The summed E-state index contributed by atoms with van der Waals surface area (Å²) in [5, 5.41) is 8.60. The van der Waals surface area contributed by atoms with E-state index < -0.39 is 0 Å². The van der Waals surface area contributed by atoms with Crippen molar-refractivity contribution in [1.82, 2.24) is 0 Å². The molecular weight excluding hydrogens is 1140 g/mol. The highest BCUT2D eigenvalue weighted by atomic mass is 32.3. The molecule has 0 saturated carbocycles. The zero-order valence-corrected chi connectivity index (χ0v) is 52.7. The first-order valence-electron chi connectivity index (χ1n) is 24.8. The molecule has 4 atom stereocenters. The fourth-order valence-electron chi connectivity index (χ4n) is 8.33. The summed E-state index contributed by atoms with van der Waals surface area (Å²) in [6.45, 7) is 9.27. The summed E-state index contributed by atoms with van der Waals surface area (Å²) >= 11 is 34.3. The molecule has 0 bridgehead atoms. The Kier molecular flexibility index (Phi) is 23.3. The van der Waals surface area contributed by atoms with Crippen molar-refractivity contribution in [3.8, 4) is 0 Å². The minimum Gasteiger partial charge on any atom is -0.117 e. The Morgan fingerprint density at radius 2 is 0.574 bits per heavy atom. The molecule has 4 unspecified atom stereocenters. The Bertz CT molecular complexity index is 2340. The van der Waals surface area contributed by atoms with E-state index in [9.17, 15) is 0 Å². The van der Waals surface area contributed by atoms with Crippen LogP contribution in [0.2, 0.25) is 0 Å². The number of benzene rings is 3. The highest BCUT2D eigenvalue weighted by Crippen LogP contribution is 2.73. The van der Waals surface area contributed by atoms with Crippen LogP contribution in [0.5, 0.6) is 0 Å². The molecular formula is C52H64S16. The summed E-state index contributed by atoms with van der Waals surface area (Å²) in [6, 6.07) is 18.8. The van der Waals surface area contributed by atoms with Crippen LogP contribution >= 0.6 is 188 Å². The van der Waals surface area contributed by atoms with Crippen LogP contribution < -0.4 is 10.4 Å².